The molecule has 0 bridgehead atoms. The van der Waals surface area contributed by atoms with Crippen LogP contribution in [0.2, 0.25) is 0 Å². The molecule has 0 saturated carbocycles. The molecular weight excluding hydrogens is 216 g/mol. The Kier molecular flexibility index (Phi) is 2.49. The molecular formula is C18H24. The van der Waals surface area contributed by atoms with Crippen molar-refractivity contribution in [3.05, 3.63) is 44.6 Å². The number of hydrogen-bond donors (Lipinski definition) is 0. The summed E-state index contributed by atoms with van der Waals surface area (Å²) < 4.78 is 0. The third-order valence-corrected chi connectivity index (χ3v) is 5.94. The van der Waals surface area contributed by atoms with Crippen molar-refractivity contribution in [1.82, 2.24) is 0 Å². The summed E-state index contributed by atoms with van der Waals surface area (Å²) in [7, 11) is 0. The van der Waals surface area contributed by atoms with Gasteiger partial charge >= 0.3 is 0 Å². The molecule has 0 heteroatoms. The molecule has 0 fully saturated rings. The van der Waals surface area contributed by atoms with Crippen LogP contribution in [-0.4, -0.2) is 0 Å². The summed E-state index contributed by atoms with van der Waals surface area (Å²) in [6, 6.07) is 0. The first-order chi connectivity index (χ1) is 8.43. The Morgan fingerprint density at radius 1 is 0.667 bits per heavy atom. The van der Waals surface area contributed by atoms with Crippen molar-refractivity contribution in [3.63, 3.8) is 0 Å². The highest BCUT2D eigenvalue weighted by atomic mass is 14.4. The quantitative estimate of drug-likeness (QED) is 0.535. The lowest BCUT2D eigenvalue weighted by Crippen LogP contribution is -2.07. The number of hydrogen-bond acceptors (Lipinski definition) is 0. The average molecular weight is 240 g/mol. The molecule has 96 valence electrons. The first-order valence-corrected chi connectivity index (χ1v) is 7.22. The molecule has 0 N–H and O–H groups in total. The van der Waals surface area contributed by atoms with E-state index in [2.05, 4.69) is 41.5 Å². The summed E-state index contributed by atoms with van der Waals surface area (Å²) >= 11 is 0. The molecule has 0 spiro atoms. The van der Waals surface area contributed by atoms with Crippen LogP contribution >= 0.6 is 0 Å². The van der Waals surface area contributed by atoms with Crippen molar-refractivity contribution in [1.29, 1.82) is 0 Å². The van der Waals surface area contributed by atoms with Crippen LogP contribution in [0.4, 0.5) is 0 Å². The summed E-state index contributed by atoms with van der Waals surface area (Å²) in [6.07, 6.45) is 2.42. The van der Waals surface area contributed by atoms with Gasteiger partial charge in [0.1, 0.15) is 0 Å². The maximum atomic E-state index is 2.39. The summed E-state index contributed by atoms with van der Waals surface area (Å²) in [4.78, 5) is 0. The van der Waals surface area contributed by atoms with Crippen LogP contribution in [0.5, 0.6) is 0 Å². The summed E-state index contributed by atoms with van der Waals surface area (Å²) in [6.45, 7) is 14.1. The Morgan fingerprint density at radius 3 is 1.83 bits per heavy atom. The van der Waals surface area contributed by atoms with E-state index in [9.17, 15) is 0 Å². The lowest BCUT2D eigenvalue weighted by molar-refractivity contribution is 0.764. The normalized spacial score (nSPS) is 31.7. The van der Waals surface area contributed by atoms with Crippen LogP contribution in [0.3, 0.4) is 0 Å². The van der Waals surface area contributed by atoms with Crippen LogP contribution < -0.4 is 0 Å². The van der Waals surface area contributed by atoms with Crippen molar-refractivity contribution >= 4 is 0 Å². The number of fused-ring (bicyclic) bond motifs is 1. The Hall–Kier alpha value is -1.04. The molecule has 0 aromatic rings. The van der Waals surface area contributed by atoms with E-state index >= 15 is 0 Å². The Balaban J connectivity index is 2.11. The summed E-state index contributed by atoms with van der Waals surface area (Å²) in [5.41, 5.74) is 13.2. The molecule has 2 unspecified atom stereocenters. The van der Waals surface area contributed by atoms with Gasteiger partial charge in [0.25, 0.3) is 0 Å². The molecule has 0 amide bonds. The molecule has 3 aliphatic rings. The predicted octanol–water partition coefficient (Wildman–Crippen LogP) is 5.35. The Labute approximate surface area is 111 Å². The van der Waals surface area contributed by atoms with Crippen molar-refractivity contribution < 1.29 is 0 Å². The maximum absolute atomic E-state index is 2.39. The minimum Gasteiger partial charge on any atom is -0.0632 e. The van der Waals surface area contributed by atoms with Crippen LogP contribution in [0.25, 0.3) is 0 Å². The van der Waals surface area contributed by atoms with E-state index in [-0.39, 0.29) is 0 Å². The van der Waals surface area contributed by atoms with Gasteiger partial charge in [-0.1, -0.05) is 36.1 Å². The van der Waals surface area contributed by atoms with E-state index in [0.29, 0.717) is 11.8 Å². The maximum Gasteiger partial charge on any atom is -0.000900 e. The van der Waals surface area contributed by atoms with Crippen LogP contribution in [0.15, 0.2) is 44.6 Å². The highest BCUT2D eigenvalue weighted by Crippen LogP contribution is 2.52. The van der Waals surface area contributed by atoms with Gasteiger partial charge in [-0.15, -0.1) is 0 Å². The van der Waals surface area contributed by atoms with Gasteiger partial charge in [0.05, 0.1) is 0 Å². The molecule has 0 saturated heterocycles. The second-order valence-corrected chi connectivity index (χ2v) is 6.43. The van der Waals surface area contributed by atoms with Crippen LogP contribution in [0, 0.1) is 11.8 Å². The monoisotopic (exact) mass is 240 g/mol. The van der Waals surface area contributed by atoms with Gasteiger partial charge in [0.2, 0.25) is 0 Å². The number of rotatable bonds is 0. The Morgan fingerprint density at radius 2 is 1.22 bits per heavy atom. The largest absolute Gasteiger partial charge is 0.0632 e. The fourth-order valence-corrected chi connectivity index (χ4v) is 4.02. The number of allylic oxidation sites excluding steroid dienone is 8. The molecule has 0 aromatic heterocycles. The first kappa shape index (κ1) is 12.0. The van der Waals surface area contributed by atoms with Gasteiger partial charge in [0.15, 0.2) is 0 Å². The van der Waals surface area contributed by atoms with Crippen molar-refractivity contribution in [2.75, 3.05) is 0 Å². The van der Waals surface area contributed by atoms with Gasteiger partial charge < -0.3 is 0 Å². The molecule has 3 rings (SSSR count). The van der Waals surface area contributed by atoms with E-state index in [1.807, 2.05) is 0 Å². The van der Waals surface area contributed by atoms with E-state index in [0.717, 1.165) is 0 Å². The van der Waals surface area contributed by atoms with E-state index < -0.39 is 0 Å². The third-order valence-electron chi connectivity index (χ3n) is 5.94. The third kappa shape index (κ3) is 1.32. The zero-order valence-corrected chi connectivity index (χ0v) is 12.6. The van der Waals surface area contributed by atoms with Crippen molar-refractivity contribution in [2.24, 2.45) is 11.8 Å². The van der Waals surface area contributed by atoms with E-state index in [1.165, 1.54) is 12.8 Å². The summed E-state index contributed by atoms with van der Waals surface area (Å²) in [5.74, 6) is 1.36. The smallest absolute Gasteiger partial charge is 0.000900 e. The van der Waals surface area contributed by atoms with Gasteiger partial charge in [-0.3, -0.25) is 0 Å². The highest BCUT2D eigenvalue weighted by Gasteiger charge is 2.35. The lowest BCUT2D eigenvalue weighted by atomic mass is 9.81. The van der Waals surface area contributed by atoms with Gasteiger partial charge in [0, 0.05) is 0 Å². The topological polar surface area (TPSA) is 0 Å². The zero-order valence-electron chi connectivity index (χ0n) is 12.6. The second-order valence-electron chi connectivity index (χ2n) is 6.43. The molecule has 2 atom stereocenters. The first-order valence-electron chi connectivity index (χ1n) is 7.22. The molecule has 0 radical (unpaired) electrons. The standard InChI is InChI=1S/C18H24/c1-9-11(3)15-7-17-13(5)10(2)14(6)18(17)8-16(15)12(9)4/h9,13H,7-8H2,1-6H3. The van der Waals surface area contributed by atoms with Gasteiger partial charge in [-0.2, -0.15) is 0 Å². The molecule has 0 heterocycles. The van der Waals surface area contributed by atoms with Crippen molar-refractivity contribution in [3.8, 4) is 0 Å². The molecule has 0 aromatic carbocycles. The molecule has 18 heavy (non-hydrogen) atoms. The van der Waals surface area contributed by atoms with Gasteiger partial charge in [-0.05, 0) is 74.7 Å². The lowest BCUT2D eigenvalue weighted by Gasteiger charge is -2.23. The van der Waals surface area contributed by atoms with Crippen molar-refractivity contribution in [2.45, 2.75) is 54.4 Å². The molecule has 0 aliphatic heterocycles. The van der Waals surface area contributed by atoms with E-state index in [1.54, 1.807) is 44.6 Å². The fourth-order valence-electron chi connectivity index (χ4n) is 4.02. The average Bonchev–Trinajstić information content (AvgIpc) is 2.71. The predicted molar refractivity (Wildman–Crippen MR) is 78.4 cm³/mol. The summed E-state index contributed by atoms with van der Waals surface area (Å²) in [5, 5.41) is 0. The SMILES string of the molecule is CC1=C(C)C(C)C2=C1CC1=C(C)C(C)C(C)=C1C2. The zero-order chi connectivity index (χ0) is 13.2. The second kappa shape index (κ2) is 3.73. The van der Waals surface area contributed by atoms with Gasteiger partial charge in [-0.25, -0.2) is 0 Å². The fraction of sp³-hybridized carbons (Fsp3) is 0.556. The Bertz CT molecular complexity index is 561. The minimum absolute atomic E-state index is 0.677. The van der Waals surface area contributed by atoms with Crippen LogP contribution in [0.1, 0.15) is 54.4 Å². The van der Waals surface area contributed by atoms with Crippen LogP contribution in [-0.2, 0) is 0 Å². The minimum atomic E-state index is 0.677. The highest BCUT2D eigenvalue weighted by molar-refractivity contribution is 5.61. The molecule has 3 aliphatic carbocycles. The van der Waals surface area contributed by atoms with E-state index in [4.69, 9.17) is 0 Å². The molecule has 0 nitrogen and oxygen atoms in total.